The van der Waals surface area contributed by atoms with Crippen LogP contribution in [0.2, 0.25) is 0 Å². The second kappa shape index (κ2) is 8.23. The highest BCUT2D eigenvalue weighted by atomic mass is 32.2. The Morgan fingerprint density at radius 3 is 2.17 bits per heavy atom. The minimum absolute atomic E-state index is 0.00237. The first kappa shape index (κ1) is 19.4. The molecule has 0 N–H and O–H groups in total. The number of para-hydroxylation sites is 1. The van der Waals surface area contributed by atoms with Crippen LogP contribution in [0.5, 0.6) is 0 Å². The van der Waals surface area contributed by atoms with Gasteiger partial charge in [-0.25, -0.2) is 8.42 Å². The molecule has 3 aromatic rings. The Labute approximate surface area is 170 Å². The van der Waals surface area contributed by atoms with E-state index in [1.807, 2.05) is 60.7 Å². The van der Waals surface area contributed by atoms with Gasteiger partial charge in [0.15, 0.2) is 5.76 Å². The second-order valence-electron chi connectivity index (χ2n) is 6.94. The Morgan fingerprint density at radius 2 is 1.52 bits per heavy atom. The highest BCUT2D eigenvalue weighted by molar-refractivity contribution is 7.89. The zero-order valence-corrected chi connectivity index (χ0v) is 16.7. The van der Waals surface area contributed by atoms with Crippen LogP contribution >= 0.6 is 0 Å². The maximum atomic E-state index is 13.2. The molecule has 0 aliphatic carbocycles. The number of furan rings is 1. The molecule has 0 atom stereocenters. The van der Waals surface area contributed by atoms with Crippen LogP contribution in [0.4, 0.5) is 5.69 Å². The van der Waals surface area contributed by atoms with E-state index in [1.165, 1.54) is 16.4 Å². The van der Waals surface area contributed by atoms with E-state index in [0.29, 0.717) is 25.3 Å². The predicted molar refractivity (Wildman–Crippen MR) is 110 cm³/mol. The van der Waals surface area contributed by atoms with Gasteiger partial charge < -0.3 is 9.32 Å². The van der Waals surface area contributed by atoms with Crippen molar-refractivity contribution in [3.8, 4) is 0 Å². The standard InChI is InChI=1S/C22H22N2O4S/c25-22(20-13-14-21(28-20)29(26,27)23-15-7-8-16-23)24(19-11-5-2-6-12-19)17-18-9-3-1-4-10-18/h1-6,9-14H,7-8,15-17H2. The predicted octanol–water partition coefficient (Wildman–Crippen LogP) is 3.91. The molecule has 6 nitrogen and oxygen atoms in total. The number of hydrogen-bond acceptors (Lipinski definition) is 4. The van der Waals surface area contributed by atoms with Crippen molar-refractivity contribution in [2.75, 3.05) is 18.0 Å². The third-order valence-electron chi connectivity index (χ3n) is 4.95. The molecule has 1 fully saturated rings. The van der Waals surface area contributed by atoms with Gasteiger partial charge in [0, 0.05) is 18.8 Å². The van der Waals surface area contributed by atoms with Crippen LogP contribution in [0.3, 0.4) is 0 Å². The number of nitrogens with zero attached hydrogens (tertiary/aromatic N) is 2. The summed E-state index contributed by atoms with van der Waals surface area (Å²) >= 11 is 0. The van der Waals surface area contributed by atoms with Crippen molar-refractivity contribution in [1.82, 2.24) is 4.31 Å². The molecule has 7 heteroatoms. The molecule has 4 rings (SSSR count). The molecule has 0 bridgehead atoms. The first-order valence-corrected chi connectivity index (χ1v) is 11.0. The fraction of sp³-hybridized carbons (Fsp3) is 0.227. The summed E-state index contributed by atoms with van der Waals surface area (Å²) in [6.45, 7) is 1.31. The van der Waals surface area contributed by atoms with Gasteiger partial charge in [0.25, 0.3) is 15.9 Å². The van der Waals surface area contributed by atoms with E-state index >= 15 is 0 Å². The molecule has 1 aliphatic rings. The Kier molecular flexibility index (Phi) is 5.51. The first-order chi connectivity index (χ1) is 14.1. The number of sulfonamides is 1. The van der Waals surface area contributed by atoms with Crippen LogP contribution in [0, 0.1) is 0 Å². The number of rotatable bonds is 6. The highest BCUT2D eigenvalue weighted by Gasteiger charge is 2.31. The minimum Gasteiger partial charge on any atom is -0.438 e. The molecule has 0 unspecified atom stereocenters. The van der Waals surface area contributed by atoms with E-state index in [4.69, 9.17) is 4.42 Å². The van der Waals surface area contributed by atoms with E-state index in [-0.39, 0.29) is 16.8 Å². The normalized spacial score (nSPS) is 14.8. The smallest absolute Gasteiger partial charge is 0.294 e. The number of carbonyl (C=O) groups excluding carboxylic acids is 1. The molecule has 1 aliphatic heterocycles. The summed E-state index contributed by atoms with van der Waals surface area (Å²) in [4.78, 5) is 14.8. The average molecular weight is 410 g/mol. The van der Waals surface area contributed by atoms with E-state index in [9.17, 15) is 13.2 Å². The van der Waals surface area contributed by atoms with Crippen molar-refractivity contribution in [3.63, 3.8) is 0 Å². The lowest BCUT2D eigenvalue weighted by molar-refractivity contribution is 0.0953. The molecule has 0 spiro atoms. The number of carbonyl (C=O) groups is 1. The minimum atomic E-state index is -3.70. The van der Waals surface area contributed by atoms with Crippen molar-refractivity contribution in [2.24, 2.45) is 0 Å². The Bertz CT molecular complexity index is 1070. The molecular formula is C22H22N2O4S. The van der Waals surface area contributed by atoms with E-state index in [2.05, 4.69) is 0 Å². The molecule has 150 valence electrons. The Morgan fingerprint density at radius 1 is 0.897 bits per heavy atom. The van der Waals surface area contributed by atoms with Crippen molar-refractivity contribution in [1.29, 1.82) is 0 Å². The zero-order chi connectivity index (χ0) is 20.3. The van der Waals surface area contributed by atoms with Crippen LogP contribution < -0.4 is 4.90 Å². The summed E-state index contributed by atoms with van der Waals surface area (Å²) in [6.07, 6.45) is 1.68. The summed E-state index contributed by atoms with van der Waals surface area (Å²) in [5, 5.41) is -0.185. The zero-order valence-electron chi connectivity index (χ0n) is 15.9. The number of amides is 1. The van der Waals surface area contributed by atoms with Gasteiger partial charge in [0.2, 0.25) is 5.09 Å². The summed E-state index contributed by atoms with van der Waals surface area (Å²) in [5.41, 5.74) is 1.67. The first-order valence-electron chi connectivity index (χ1n) is 9.56. The Hall–Kier alpha value is -2.90. The summed E-state index contributed by atoms with van der Waals surface area (Å²) < 4.78 is 32.4. The van der Waals surface area contributed by atoms with E-state index in [1.54, 1.807) is 4.90 Å². The lowest BCUT2D eigenvalue weighted by Gasteiger charge is -2.22. The summed E-state index contributed by atoms with van der Waals surface area (Å²) in [5.74, 6) is -0.384. The van der Waals surface area contributed by atoms with Crippen LogP contribution in [-0.4, -0.2) is 31.7 Å². The topological polar surface area (TPSA) is 70.8 Å². The average Bonchev–Trinajstić information content (AvgIpc) is 3.46. The molecule has 2 aromatic carbocycles. The van der Waals surface area contributed by atoms with Gasteiger partial charge in [-0.3, -0.25) is 4.79 Å². The highest BCUT2D eigenvalue weighted by Crippen LogP contribution is 2.25. The van der Waals surface area contributed by atoms with Gasteiger partial charge in [0.05, 0.1) is 6.54 Å². The van der Waals surface area contributed by atoms with Crippen LogP contribution in [-0.2, 0) is 16.6 Å². The maximum absolute atomic E-state index is 13.2. The molecule has 0 radical (unpaired) electrons. The molecule has 2 heterocycles. The number of benzene rings is 2. The van der Waals surface area contributed by atoms with Crippen molar-refractivity contribution in [2.45, 2.75) is 24.5 Å². The van der Waals surface area contributed by atoms with Gasteiger partial charge in [-0.15, -0.1) is 0 Å². The maximum Gasteiger partial charge on any atom is 0.294 e. The molecule has 1 amide bonds. The Balaban J connectivity index is 1.64. The molecule has 0 saturated carbocycles. The lowest BCUT2D eigenvalue weighted by Crippen LogP contribution is -2.30. The van der Waals surface area contributed by atoms with Gasteiger partial charge in [-0.05, 0) is 42.7 Å². The van der Waals surface area contributed by atoms with Crippen LogP contribution in [0.1, 0.15) is 29.0 Å². The van der Waals surface area contributed by atoms with Crippen LogP contribution in [0.25, 0.3) is 0 Å². The van der Waals surface area contributed by atoms with Gasteiger partial charge in [0.1, 0.15) is 0 Å². The van der Waals surface area contributed by atoms with Crippen LogP contribution in [0.15, 0.2) is 82.3 Å². The van der Waals surface area contributed by atoms with Crippen molar-refractivity contribution >= 4 is 21.6 Å². The largest absolute Gasteiger partial charge is 0.438 e. The van der Waals surface area contributed by atoms with Gasteiger partial charge in [-0.2, -0.15) is 4.31 Å². The monoisotopic (exact) mass is 410 g/mol. The fourth-order valence-electron chi connectivity index (χ4n) is 3.42. The molecular weight excluding hydrogens is 388 g/mol. The number of hydrogen-bond donors (Lipinski definition) is 0. The quantitative estimate of drug-likeness (QED) is 0.618. The fourth-order valence-corrected chi connectivity index (χ4v) is 4.85. The van der Waals surface area contributed by atoms with Gasteiger partial charge >= 0.3 is 0 Å². The van der Waals surface area contributed by atoms with E-state index in [0.717, 1.165) is 18.4 Å². The van der Waals surface area contributed by atoms with Gasteiger partial charge in [-0.1, -0.05) is 48.5 Å². The summed E-state index contributed by atoms with van der Waals surface area (Å²) in [6, 6.07) is 21.7. The molecule has 1 aromatic heterocycles. The SMILES string of the molecule is O=C(c1ccc(S(=O)(=O)N2CCCC2)o1)N(Cc1ccccc1)c1ccccc1. The lowest BCUT2D eigenvalue weighted by atomic mass is 10.2. The van der Waals surface area contributed by atoms with Crippen molar-refractivity contribution in [3.05, 3.63) is 84.1 Å². The molecule has 1 saturated heterocycles. The molecule has 29 heavy (non-hydrogen) atoms. The number of anilines is 1. The third-order valence-corrected chi connectivity index (χ3v) is 6.72. The van der Waals surface area contributed by atoms with Crippen molar-refractivity contribution < 1.29 is 17.6 Å². The van der Waals surface area contributed by atoms with E-state index < -0.39 is 10.0 Å². The third kappa shape index (κ3) is 4.11. The second-order valence-corrected chi connectivity index (χ2v) is 8.81. The summed E-state index contributed by atoms with van der Waals surface area (Å²) in [7, 11) is -3.70.